The maximum Gasteiger partial charge on any atom is 0.512 e. The van der Waals surface area contributed by atoms with E-state index in [9.17, 15) is 4.79 Å². The zero-order valence-corrected chi connectivity index (χ0v) is 10.7. The molecule has 0 spiro atoms. The third kappa shape index (κ3) is 1.46. The van der Waals surface area contributed by atoms with Gasteiger partial charge in [-0.15, -0.1) is 11.3 Å². The minimum atomic E-state index is -1.39. The Morgan fingerprint density at radius 3 is 3.20 bits per heavy atom. The third-order valence-corrected chi connectivity index (χ3v) is 3.93. The third-order valence-electron chi connectivity index (χ3n) is 3.03. The average Bonchev–Trinajstić information content (AvgIpc) is 3.08. The Balaban J connectivity index is 1.97. The summed E-state index contributed by atoms with van der Waals surface area (Å²) in [4.78, 5) is 20.0. The van der Waals surface area contributed by atoms with E-state index in [0.717, 1.165) is 16.4 Å². The van der Waals surface area contributed by atoms with E-state index in [1.165, 1.54) is 6.33 Å². The summed E-state index contributed by atoms with van der Waals surface area (Å²) in [6.45, 7) is 0.347. The predicted molar refractivity (Wildman–Crippen MR) is 68.2 cm³/mol. The monoisotopic (exact) mass is 289 g/mol. The Morgan fingerprint density at radius 2 is 2.35 bits per heavy atom. The summed E-state index contributed by atoms with van der Waals surface area (Å²) in [7, 11) is 0. The lowest BCUT2D eigenvalue weighted by Gasteiger charge is -2.05. The van der Waals surface area contributed by atoms with Crippen LogP contribution in [0.15, 0.2) is 24.1 Å². The van der Waals surface area contributed by atoms with E-state index in [4.69, 9.17) is 9.84 Å². The minimum absolute atomic E-state index is 0.0676. The molecule has 8 nitrogen and oxygen atoms in total. The fraction of sp³-hybridized carbons (Fsp3) is 0.0909. The molecule has 0 unspecified atom stereocenters. The highest BCUT2D eigenvalue weighted by molar-refractivity contribution is 7.14. The number of hydrogen-bond acceptors (Lipinski definition) is 6. The molecule has 1 N–H and O–H groups in total. The van der Waals surface area contributed by atoms with E-state index in [2.05, 4.69) is 15.1 Å². The molecule has 3 aromatic rings. The zero-order valence-electron chi connectivity index (χ0n) is 9.92. The van der Waals surface area contributed by atoms with Crippen LogP contribution in [0.5, 0.6) is 5.88 Å². The van der Waals surface area contributed by atoms with Gasteiger partial charge in [0.1, 0.15) is 18.3 Å². The SMILES string of the molecule is O=C(O)Oc1ncn2c1Cn1ncnc1-c1sccc1-2. The van der Waals surface area contributed by atoms with Crippen molar-refractivity contribution in [2.24, 2.45) is 0 Å². The van der Waals surface area contributed by atoms with Crippen LogP contribution < -0.4 is 4.74 Å². The summed E-state index contributed by atoms with van der Waals surface area (Å²) < 4.78 is 8.22. The summed E-state index contributed by atoms with van der Waals surface area (Å²) in [5.74, 6) is 0.818. The predicted octanol–water partition coefficient (Wildman–Crippen LogP) is 1.61. The van der Waals surface area contributed by atoms with Gasteiger partial charge in [-0.05, 0) is 11.4 Å². The molecule has 0 saturated heterocycles. The first kappa shape index (κ1) is 11.2. The van der Waals surface area contributed by atoms with Gasteiger partial charge in [-0.3, -0.25) is 4.57 Å². The molecule has 0 fully saturated rings. The Bertz CT molecular complexity index is 818. The van der Waals surface area contributed by atoms with Gasteiger partial charge in [0.25, 0.3) is 0 Å². The molecule has 100 valence electrons. The Hall–Kier alpha value is -2.68. The molecule has 9 heteroatoms. The molecule has 3 aromatic heterocycles. The number of ether oxygens (including phenoxy) is 1. The van der Waals surface area contributed by atoms with Crippen LogP contribution in [0.4, 0.5) is 4.79 Å². The van der Waals surface area contributed by atoms with Crippen molar-refractivity contribution >= 4 is 17.5 Å². The lowest BCUT2D eigenvalue weighted by Crippen LogP contribution is -2.09. The molecule has 0 saturated carbocycles. The number of carboxylic acid groups (broad SMARTS) is 1. The molecular formula is C11H7N5O3S. The van der Waals surface area contributed by atoms with Gasteiger partial charge >= 0.3 is 6.16 Å². The van der Waals surface area contributed by atoms with Gasteiger partial charge in [0.05, 0.1) is 17.1 Å². The van der Waals surface area contributed by atoms with Gasteiger partial charge < -0.3 is 9.84 Å². The Kier molecular flexibility index (Phi) is 2.18. The van der Waals surface area contributed by atoms with E-state index in [0.29, 0.717) is 12.2 Å². The molecular weight excluding hydrogens is 282 g/mol. The number of thiophene rings is 1. The van der Waals surface area contributed by atoms with Crippen LogP contribution in [-0.4, -0.2) is 35.6 Å². The summed E-state index contributed by atoms with van der Waals surface area (Å²) in [6.07, 6.45) is 1.63. The lowest BCUT2D eigenvalue weighted by molar-refractivity contribution is 0.142. The summed E-state index contributed by atoms with van der Waals surface area (Å²) in [5.41, 5.74) is 1.51. The van der Waals surface area contributed by atoms with E-state index < -0.39 is 6.16 Å². The first-order valence-corrected chi connectivity index (χ1v) is 6.55. The normalized spacial score (nSPS) is 12.2. The maximum atomic E-state index is 10.7. The summed E-state index contributed by atoms with van der Waals surface area (Å²) in [5, 5.41) is 14.9. The van der Waals surface area contributed by atoms with E-state index >= 15 is 0 Å². The van der Waals surface area contributed by atoms with Crippen LogP contribution in [0.1, 0.15) is 5.69 Å². The maximum absolute atomic E-state index is 10.7. The molecule has 0 amide bonds. The van der Waals surface area contributed by atoms with Gasteiger partial charge in [-0.2, -0.15) is 5.10 Å². The van der Waals surface area contributed by atoms with Crippen LogP contribution in [0, 0.1) is 0 Å². The van der Waals surface area contributed by atoms with Crippen molar-refractivity contribution < 1.29 is 14.6 Å². The largest absolute Gasteiger partial charge is 0.512 e. The van der Waals surface area contributed by atoms with Gasteiger partial charge in [0.2, 0.25) is 5.88 Å². The smallest absolute Gasteiger partial charge is 0.449 e. The molecule has 0 atom stereocenters. The zero-order chi connectivity index (χ0) is 13.7. The second-order valence-corrected chi connectivity index (χ2v) is 5.03. The quantitative estimate of drug-likeness (QED) is 0.535. The van der Waals surface area contributed by atoms with E-state index in [1.54, 1.807) is 26.9 Å². The van der Waals surface area contributed by atoms with Crippen LogP contribution in [0.2, 0.25) is 0 Å². The first-order chi connectivity index (χ1) is 9.74. The molecule has 4 heterocycles. The standard InChI is InChI=1S/C11H7N5O3S/c17-11(18)19-10-7-3-16-9(12-4-14-16)8-6(1-2-20-8)15(7)5-13-10/h1-2,4-5H,3H2,(H,17,18). The van der Waals surface area contributed by atoms with Crippen LogP contribution in [0.25, 0.3) is 16.4 Å². The topological polar surface area (TPSA) is 95.1 Å². The van der Waals surface area contributed by atoms with Crippen LogP contribution in [0.3, 0.4) is 0 Å². The Morgan fingerprint density at radius 1 is 1.45 bits per heavy atom. The van der Waals surface area contributed by atoms with Crippen molar-refractivity contribution in [3.05, 3.63) is 29.8 Å². The summed E-state index contributed by atoms with van der Waals surface area (Å²) >= 11 is 1.54. The van der Waals surface area contributed by atoms with E-state index in [1.807, 2.05) is 11.4 Å². The molecule has 0 aliphatic carbocycles. The van der Waals surface area contributed by atoms with Crippen molar-refractivity contribution in [1.82, 2.24) is 24.3 Å². The van der Waals surface area contributed by atoms with Gasteiger partial charge in [0, 0.05) is 0 Å². The van der Waals surface area contributed by atoms with Crippen LogP contribution in [-0.2, 0) is 6.54 Å². The molecule has 0 radical (unpaired) electrons. The number of carbonyl (C=O) groups is 1. The van der Waals surface area contributed by atoms with Gasteiger partial charge in [-0.25, -0.2) is 19.4 Å². The fourth-order valence-electron chi connectivity index (χ4n) is 2.23. The van der Waals surface area contributed by atoms with Crippen molar-refractivity contribution in [3.8, 4) is 22.3 Å². The van der Waals surface area contributed by atoms with Crippen molar-refractivity contribution in [2.75, 3.05) is 0 Å². The number of imidazole rings is 1. The highest BCUT2D eigenvalue weighted by Crippen LogP contribution is 2.36. The highest BCUT2D eigenvalue weighted by Gasteiger charge is 2.25. The second kappa shape index (κ2) is 3.90. The average molecular weight is 289 g/mol. The second-order valence-electron chi connectivity index (χ2n) is 4.11. The summed E-state index contributed by atoms with van der Waals surface area (Å²) in [6, 6.07) is 1.93. The first-order valence-electron chi connectivity index (χ1n) is 5.67. The number of aromatic nitrogens is 5. The number of fused-ring (bicyclic) bond motifs is 5. The highest BCUT2D eigenvalue weighted by atomic mass is 32.1. The van der Waals surface area contributed by atoms with E-state index in [-0.39, 0.29) is 5.88 Å². The van der Waals surface area contributed by atoms with Gasteiger partial charge in [-0.1, -0.05) is 0 Å². The van der Waals surface area contributed by atoms with Crippen LogP contribution >= 0.6 is 11.3 Å². The fourth-order valence-corrected chi connectivity index (χ4v) is 3.12. The molecule has 0 bridgehead atoms. The number of hydrogen-bond donors (Lipinski definition) is 1. The van der Waals surface area contributed by atoms with Gasteiger partial charge in [0.15, 0.2) is 5.82 Å². The molecule has 1 aliphatic rings. The lowest BCUT2D eigenvalue weighted by atomic mass is 10.3. The van der Waals surface area contributed by atoms with Crippen molar-refractivity contribution in [1.29, 1.82) is 0 Å². The molecule has 4 rings (SSSR count). The molecule has 1 aliphatic heterocycles. The molecule has 20 heavy (non-hydrogen) atoms. The minimum Gasteiger partial charge on any atom is -0.449 e. The Labute approximate surface area is 115 Å². The van der Waals surface area contributed by atoms with Crippen molar-refractivity contribution in [2.45, 2.75) is 6.54 Å². The number of rotatable bonds is 1. The molecule has 0 aromatic carbocycles. The van der Waals surface area contributed by atoms with Crippen molar-refractivity contribution in [3.63, 3.8) is 0 Å². The number of nitrogens with zero attached hydrogens (tertiary/aromatic N) is 5.